The Balaban J connectivity index is 1.77. The Morgan fingerprint density at radius 1 is 1.07 bits per heavy atom. The third-order valence-corrected chi connectivity index (χ3v) is 4.39. The van der Waals surface area contributed by atoms with Crippen LogP contribution >= 0.6 is 0 Å². The van der Waals surface area contributed by atoms with Gasteiger partial charge in [-0.15, -0.1) is 0 Å². The smallest absolute Gasteiger partial charge is 0.405 e. The van der Waals surface area contributed by atoms with Crippen LogP contribution in [0.2, 0.25) is 0 Å². The average Bonchev–Trinajstić information content (AvgIpc) is 2.70. The zero-order valence-electron chi connectivity index (χ0n) is 15.2. The molecule has 3 rings (SSSR count). The number of aromatic nitrogens is 2. The lowest BCUT2D eigenvalue weighted by atomic mass is 10.2. The van der Waals surface area contributed by atoms with Crippen LogP contribution < -0.4 is 20.1 Å². The Kier molecular flexibility index (Phi) is 5.43. The maximum Gasteiger partial charge on any atom is 0.405 e. The number of hydrogen-bond acceptors (Lipinski definition) is 8. The first kappa shape index (κ1) is 18.5. The highest BCUT2D eigenvalue weighted by atomic mass is 16.5. The van der Waals surface area contributed by atoms with E-state index in [9.17, 15) is 9.59 Å². The summed E-state index contributed by atoms with van der Waals surface area (Å²) in [6, 6.07) is 3.65. The van der Waals surface area contributed by atoms with Crippen LogP contribution in [-0.2, 0) is 9.53 Å². The molecule has 1 aliphatic rings. The van der Waals surface area contributed by atoms with E-state index in [0.29, 0.717) is 37.7 Å². The van der Waals surface area contributed by atoms with E-state index in [1.54, 1.807) is 25.2 Å². The summed E-state index contributed by atoms with van der Waals surface area (Å²) >= 11 is 0. The van der Waals surface area contributed by atoms with Crippen LogP contribution in [-0.4, -0.2) is 73.9 Å². The molecule has 0 spiro atoms. The van der Waals surface area contributed by atoms with Gasteiger partial charge in [0.2, 0.25) is 0 Å². The lowest BCUT2D eigenvalue weighted by Crippen LogP contribution is -2.50. The van der Waals surface area contributed by atoms with Gasteiger partial charge >= 0.3 is 6.09 Å². The number of piperazine rings is 1. The normalized spacial score (nSPS) is 14.1. The van der Waals surface area contributed by atoms with Gasteiger partial charge in [-0.1, -0.05) is 0 Å². The Morgan fingerprint density at radius 2 is 1.74 bits per heavy atom. The molecule has 0 aliphatic carbocycles. The molecule has 0 atom stereocenters. The van der Waals surface area contributed by atoms with E-state index in [1.807, 2.05) is 6.07 Å². The van der Waals surface area contributed by atoms with E-state index in [-0.39, 0.29) is 12.5 Å². The van der Waals surface area contributed by atoms with Crippen LogP contribution in [0, 0.1) is 0 Å². The quantitative estimate of drug-likeness (QED) is 0.797. The van der Waals surface area contributed by atoms with E-state index < -0.39 is 6.09 Å². The van der Waals surface area contributed by atoms with Gasteiger partial charge in [0.05, 0.1) is 19.7 Å². The number of rotatable bonds is 5. The summed E-state index contributed by atoms with van der Waals surface area (Å²) in [6.07, 6.45) is 0.542. The van der Waals surface area contributed by atoms with Crippen molar-refractivity contribution in [3.05, 3.63) is 18.5 Å². The number of primary amides is 1. The van der Waals surface area contributed by atoms with Crippen LogP contribution in [0.25, 0.3) is 10.9 Å². The maximum absolute atomic E-state index is 12.0. The Hall–Kier alpha value is -3.30. The molecule has 27 heavy (non-hydrogen) atoms. The van der Waals surface area contributed by atoms with Crippen molar-refractivity contribution in [2.24, 2.45) is 5.73 Å². The maximum atomic E-state index is 12.0. The van der Waals surface area contributed by atoms with Gasteiger partial charge in [0.1, 0.15) is 12.1 Å². The summed E-state index contributed by atoms with van der Waals surface area (Å²) in [6.45, 7) is 1.80. The van der Waals surface area contributed by atoms with Gasteiger partial charge in [-0.05, 0) is 6.07 Å². The summed E-state index contributed by atoms with van der Waals surface area (Å²) < 4.78 is 15.3. The minimum atomic E-state index is -0.959. The van der Waals surface area contributed by atoms with Crippen LogP contribution in [0.4, 0.5) is 10.6 Å². The van der Waals surface area contributed by atoms with E-state index in [4.69, 9.17) is 15.2 Å². The van der Waals surface area contributed by atoms with Crippen LogP contribution in [0.15, 0.2) is 18.5 Å². The number of carbonyl (C=O) groups is 2. The zero-order chi connectivity index (χ0) is 19.4. The number of hydrogen-bond donors (Lipinski definition) is 1. The topological polar surface area (TPSA) is 120 Å². The first-order valence-electron chi connectivity index (χ1n) is 8.35. The van der Waals surface area contributed by atoms with Crippen molar-refractivity contribution >= 4 is 28.7 Å². The molecule has 1 aromatic heterocycles. The summed E-state index contributed by atoms with van der Waals surface area (Å²) in [5.74, 6) is 1.69. The predicted octanol–water partition coefficient (Wildman–Crippen LogP) is 0.391. The molecule has 1 saturated heterocycles. The molecular formula is C17H21N5O5. The van der Waals surface area contributed by atoms with E-state index in [0.717, 1.165) is 16.7 Å². The Bertz CT molecular complexity index is 851. The summed E-state index contributed by atoms with van der Waals surface area (Å²) in [5, 5.41) is 0.840. The van der Waals surface area contributed by atoms with Crippen LogP contribution in [0.5, 0.6) is 11.5 Å². The van der Waals surface area contributed by atoms with Crippen molar-refractivity contribution in [2.75, 3.05) is 51.9 Å². The fraction of sp³-hybridized carbons (Fsp3) is 0.412. The van der Waals surface area contributed by atoms with E-state index in [1.165, 1.54) is 6.33 Å². The highest BCUT2D eigenvalue weighted by Crippen LogP contribution is 2.34. The minimum Gasteiger partial charge on any atom is -0.493 e. The second-order valence-corrected chi connectivity index (χ2v) is 5.90. The second-order valence-electron chi connectivity index (χ2n) is 5.90. The van der Waals surface area contributed by atoms with Crippen LogP contribution in [0.1, 0.15) is 0 Å². The third-order valence-electron chi connectivity index (χ3n) is 4.39. The predicted molar refractivity (Wildman–Crippen MR) is 97.0 cm³/mol. The molecular weight excluding hydrogens is 354 g/mol. The van der Waals surface area contributed by atoms with Gasteiger partial charge in [0, 0.05) is 37.6 Å². The van der Waals surface area contributed by atoms with Gasteiger partial charge in [0.15, 0.2) is 18.1 Å². The highest BCUT2D eigenvalue weighted by Gasteiger charge is 2.24. The number of nitrogens with zero attached hydrogens (tertiary/aromatic N) is 4. The van der Waals surface area contributed by atoms with Crippen molar-refractivity contribution in [1.82, 2.24) is 14.9 Å². The van der Waals surface area contributed by atoms with Gasteiger partial charge < -0.3 is 29.7 Å². The molecule has 2 amide bonds. The highest BCUT2D eigenvalue weighted by molar-refractivity contribution is 5.92. The molecule has 2 heterocycles. The number of amides is 2. The molecule has 1 fully saturated rings. The Labute approximate surface area is 155 Å². The lowest BCUT2D eigenvalue weighted by molar-refractivity contribution is -0.134. The summed E-state index contributed by atoms with van der Waals surface area (Å²) in [7, 11) is 3.15. The first-order valence-corrected chi connectivity index (χ1v) is 8.35. The van der Waals surface area contributed by atoms with Crippen LogP contribution in [0.3, 0.4) is 0 Å². The zero-order valence-corrected chi connectivity index (χ0v) is 15.2. The van der Waals surface area contributed by atoms with Gasteiger partial charge in [0.25, 0.3) is 5.91 Å². The van der Waals surface area contributed by atoms with Gasteiger partial charge in [-0.3, -0.25) is 4.79 Å². The average molecular weight is 375 g/mol. The molecule has 144 valence electrons. The van der Waals surface area contributed by atoms with Crippen molar-refractivity contribution in [3.63, 3.8) is 0 Å². The molecule has 1 aliphatic heterocycles. The molecule has 0 bridgehead atoms. The molecule has 0 radical (unpaired) electrons. The molecule has 2 N–H and O–H groups in total. The number of carbonyl (C=O) groups excluding carboxylic acids is 2. The molecule has 10 nitrogen and oxygen atoms in total. The van der Waals surface area contributed by atoms with Crippen molar-refractivity contribution in [3.8, 4) is 11.5 Å². The number of nitrogens with two attached hydrogens (primary N) is 1. The van der Waals surface area contributed by atoms with Gasteiger partial charge in [-0.2, -0.15) is 0 Å². The number of ether oxygens (including phenoxy) is 3. The largest absolute Gasteiger partial charge is 0.493 e. The molecule has 1 aromatic carbocycles. The third kappa shape index (κ3) is 3.94. The van der Waals surface area contributed by atoms with E-state index in [2.05, 4.69) is 19.6 Å². The molecule has 0 saturated carbocycles. The number of fused-ring (bicyclic) bond motifs is 1. The Morgan fingerprint density at radius 3 is 2.37 bits per heavy atom. The molecule has 10 heteroatoms. The molecule has 2 aromatic rings. The first-order chi connectivity index (χ1) is 13.0. The SMILES string of the molecule is COc1cc2ncnc(N3CCN(C(=O)COC(N)=O)CC3)c2cc1OC. The monoisotopic (exact) mass is 375 g/mol. The standard InChI is InChI=1S/C17H21N5O5/c1-25-13-7-11-12(8-14(13)26-2)19-10-20-16(11)22-5-3-21(4-6-22)15(23)9-27-17(18)24/h7-8,10H,3-6,9H2,1-2H3,(H2,18,24). The summed E-state index contributed by atoms with van der Waals surface area (Å²) in [5.41, 5.74) is 5.63. The lowest BCUT2D eigenvalue weighted by Gasteiger charge is -2.35. The van der Waals surface area contributed by atoms with Crippen molar-refractivity contribution < 1.29 is 23.8 Å². The van der Waals surface area contributed by atoms with E-state index >= 15 is 0 Å². The summed E-state index contributed by atoms with van der Waals surface area (Å²) in [4.78, 5) is 35.1. The number of benzene rings is 1. The van der Waals surface area contributed by atoms with Crippen molar-refractivity contribution in [1.29, 1.82) is 0 Å². The second kappa shape index (κ2) is 7.94. The fourth-order valence-electron chi connectivity index (χ4n) is 3.01. The van der Waals surface area contributed by atoms with Gasteiger partial charge in [-0.25, -0.2) is 14.8 Å². The number of anilines is 1. The minimum absolute atomic E-state index is 0.271. The fourth-order valence-corrected chi connectivity index (χ4v) is 3.01. The van der Waals surface area contributed by atoms with Crippen molar-refractivity contribution in [2.45, 2.75) is 0 Å². The molecule has 0 unspecified atom stereocenters. The number of methoxy groups -OCH3 is 2.